The minimum Gasteiger partial charge on any atom is -0.507 e. The molecule has 1 aromatic carbocycles. The molecule has 0 aliphatic heterocycles. The van der Waals surface area contributed by atoms with Gasteiger partial charge in [-0.05, 0) is 25.1 Å². The summed E-state index contributed by atoms with van der Waals surface area (Å²) in [5.74, 6) is 3.64. The van der Waals surface area contributed by atoms with Gasteiger partial charge in [0.25, 0.3) is 0 Å². The predicted octanol–water partition coefficient (Wildman–Crippen LogP) is 1.24. The van der Waals surface area contributed by atoms with Crippen LogP contribution in [0.25, 0.3) is 0 Å². The second-order valence-corrected chi connectivity index (χ2v) is 3.27. The first-order valence-corrected chi connectivity index (χ1v) is 5.05. The van der Waals surface area contributed by atoms with Crippen LogP contribution < -0.4 is 10.6 Å². The molecular weight excluding hydrogens is 236 g/mol. The molecule has 94 valence electrons. The van der Waals surface area contributed by atoms with Gasteiger partial charge in [0, 0.05) is 5.69 Å². The van der Waals surface area contributed by atoms with E-state index >= 15 is 0 Å². The summed E-state index contributed by atoms with van der Waals surface area (Å²) < 4.78 is 0. The van der Waals surface area contributed by atoms with Crippen molar-refractivity contribution in [2.75, 3.05) is 11.9 Å². The monoisotopic (exact) mass is 248 g/mol. The minimum atomic E-state index is -1.27. The molecule has 6 heteroatoms. The van der Waals surface area contributed by atoms with E-state index in [4.69, 9.17) is 5.11 Å². The molecule has 0 saturated heterocycles. The van der Waals surface area contributed by atoms with E-state index in [1.165, 1.54) is 18.2 Å². The van der Waals surface area contributed by atoms with Gasteiger partial charge in [-0.2, -0.15) is 0 Å². The fourth-order valence-electron chi connectivity index (χ4n) is 1.17. The lowest BCUT2D eigenvalue weighted by Crippen LogP contribution is -2.28. The number of amides is 2. The van der Waals surface area contributed by atoms with Crippen molar-refractivity contribution in [3.63, 3.8) is 0 Å². The van der Waals surface area contributed by atoms with Gasteiger partial charge in [0.15, 0.2) is 0 Å². The van der Waals surface area contributed by atoms with Gasteiger partial charge in [0.05, 0.1) is 6.54 Å². The number of hydrogen-bond acceptors (Lipinski definition) is 3. The molecule has 0 aliphatic rings. The second kappa shape index (κ2) is 6.15. The SMILES string of the molecule is CC#CCNC(=O)Nc1ccc(O)c(C(=O)O)c1. The maximum absolute atomic E-state index is 11.4. The van der Waals surface area contributed by atoms with Gasteiger partial charge >= 0.3 is 12.0 Å². The molecule has 0 saturated carbocycles. The van der Waals surface area contributed by atoms with Crippen molar-refractivity contribution in [2.45, 2.75) is 6.92 Å². The molecule has 0 spiro atoms. The van der Waals surface area contributed by atoms with E-state index in [1.54, 1.807) is 6.92 Å². The topological polar surface area (TPSA) is 98.7 Å². The van der Waals surface area contributed by atoms with E-state index < -0.39 is 12.0 Å². The van der Waals surface area contributed by atoms with Crippen molar-refractivity contribution in [3.8, 4) is 17.6 Å². The predicted molar refractivity (Wildman–Crippen MR) is 65.5 cm³/mol. The standard InChI is InChI=1S/C12H12N2O4/c1-2-3-6-13-12(18)14-8-4-5-10(15)9(7-8)11(16)17/h4-5,7,15H,6H2,1H3,(H,16,17)(H2,13,14,18). The van der Waals surface area contributed by atoms with Gasteiger partial charge in [-0.1, -0.05) is 5.92 Å². The Kier molecular flexibility index (Phi) is 4.58. The highest BCUT2D eigenvalue weighted by atomic mass is 16.4. The van der Waals surface area contributed by atoms with Crippen LogP contribution in [-0.2, 0) is 0 Å². The van der Waals surface area contributed by atoms with Crippen LogP contribution in [0.4, 0.5) is 10.5 Å². The number of aromatic carboxylic acids is 1. The number of urea groups is 1. The average Bonchev–Trinajstić information content (AvgIpc) is 2.31. The number of carboxylic acid groups (broad SMARTS) is 1. The van der Waals surface area contributed by atoms with Crippen molar-refractivity contribution < 1.29 is 19.8 Å². The maximum Gasteiger partial charge on any atom is 0.339 e. The second-order valence-electron chi connectivity index (χ2n) is 3.27. The summed E-state index contributed by atoms with van der Waals surface area (Å²) in [6, 6.07) is 3.26. The van der Waals surface area contributed by atoms with Crippen LogP contribution in [0.15, 0.2) is 18.2 Å². The number of aromatic hydroxyl groups is 1. The molecule has 0 unspecified atom stereocenters. The third-order valence-electron chi connectivity index (χ3n) is 2.00. The first-order chi connectivity index (χ1) is 8.54. The van der Waals surface area contributed by atoms with Crippen molar-refractivity contribution in [1.82, 2.24) is 5.32 Å². The normalized spacial score (nSPS) is 8.94. The van der Waals surface area contributed by atoms with Crippen LogP contribution in [0, 0.1) is 11.8 Å². The highest BCUT2D eigenvalue weighted by Crippen LogP contribution is 2.21. The van der Waals surface area contributed by atoms with Gasteiger partial charge in [0.1, 0.15) is 11.3 Å². The molecule has 0 aliphatic carbocycles. The lowest BCUT2D eigenvalue weighted by atomic mass is 10.2. The Labute approximate surface area is 104 Å². The van der Waals surface area contributed by atoms with E-state index in [0.29, 0.717) is 0 Å². The zero-order valence-corrected chi connectivity index (χ0v) is 9.65. The van der Waals surface area contributed by atoms with Gasteiger partial charge < -0.3 is 20.8 Å². The molecule has 0 aromatic heterocycles. The lowest BCUT2D eigenvalue weighted by Gasteiger charge is -2.07. The van der Waals surface area contributed by atoms with E-state index in [9.17, 15) is 14.7 Å². The quantitative estimate of drug-likeness (QED) is 0.477. The minimum absolute atomic E-state index is 0.201. The van der Waals surface area contributed by atoms with Gasteiger partial charge in [-0.3, -0.25) is 0 Å². The molecular formula is C12H12N2O4. The van der Waals surface area contributed by atoms with E-state index in [1.807, 2.05) is 0 Å². The molecule has 18 heavy (non-hydrogen) atoms. The van der Waals surface area contributed by atoms with Crippen LogP contribution in [0.5, 0.6) is 5.75 Å². The molecule has 2 amide bonds. The number of benzene rings is 1. The van der Waals surface area contributed by atoms with Gasteiger partial charge in [-0.15, -0.1) is 5.92 Å². The highest BCUT2D eigenvalue weighted by Gasteiger charge is 2.11. The number of phenols is 1. The van der Waals surface area contributed by atoms with Gasteiger partial charge in [-0.25, -0.2) is 9.59 Å². The maximum atomic E-state index is 11.4. The fraction of sp³-hybridized carbons (Fsp3) is 0.167. The van der Waals surface area contributed by atoms with Crippen molar-refractivity contribution in [2.24, 2.45) is 0 Å². The fourth-order valence-corrected chi connectivity index (χ4v) is 1.17. The van der Waals surface area contributed by atoms with Crippen LogP contribution in [-0.4, -0.2) is 28.8 Å². The summed E-state index contributed by atoms with van der Waals surface area (Å²) >= 11 is 0. The summed E-state index contributed by atoms with van der Waals surface area (Å²) in [4.78, 5) is 22.1. The smallest absolute Gasteiger partial charge is 0.339 e. The number of rotatable bonds is 3. The molecule has 1 aromatic rings. The molecule has 0 atom stereocenters. The molecule has 0 heterocycles. The Morgan fingerprint density at radius 1 is 1.39 bits per heavy atom. The molecule has 4 N–H and O–H groups in total. The van der Waals surface area contributed by atoms with Gasteiger partial charge in [0.2, 0.25) is 0 Å². The number of carbonyl (C=O) groups is 2. The summed E-state index contributed by atoms with van der Waals surface area (Å²) in [7, 11) is 0. The zero-order valence-electron chi connectivity index (χ0n) is 9.65. The molecule has 1 rings (SSSR count). The summed E-state index contributed by atoms with van der Waals surface area (Å²) in [6.07, 6.45) is 0. The molecule has 0 radical (unpaired) electrons. The van der Waals surface area contributed by atoms with E-state index in [2.05, 4.69) is 22.5 Å². The largest absolute Gasteiger partial charge is 0.507 e. The Bertz CT molecular complexity index is 529. The number of nitrogens with one attached hydrogen (secondary N) is 2. The first-order valence-electron chi connectivity index (χ1n) is 5.05. The summed E-state index contributed by atoms with van der Waals surface area (Å²) in [5.41, 5.74) is -0.00620. The third kappa shape index (κ3) is 3.72. The Morgan fingerprint density at radius 3 is 2.72 bits per heavy atom. The lowest BCUT2D eigenvalue weighted by molar-refractivity contribution is 0.0693. The number of carbonyl (C=O) groups excluding carboxylic acids is 1. The molecule has 0 fully saturated rings. The Hall–Kier alpha value is -2.68. The average molecular weight is 248 g/mol. The van der Waals surface area contributed by atoms with Crippen molar-refractivity contribution in [3.05, 3.63) is 23.8 Å². The van der Waals surface area contributed by atoms with Crippen LogP contribution >= 0.6 is 0 Å². The molecule has 0 bridgehead atoms. The van der Waals surface area contributed by atoms with E-state index in [-0.39, 0.29) is 23.5 Å². The molecule has 6 nitrogen and oxygen atoms in total. The van der Waals surface area contributed by atoms with Crippen molar-refractivity contribution in [1.29, 1.82) is 0 Å². The van der Waals surface area contributed by atoms with Crippen LogP contribution in [0.3, 0.4) is 0 Å². The Balaban J connectivity index is 2.72. The third-order valence-corrected chi connectivity index (χ3v) is 2.00. The number of hydrogen-bond donors (Lipinski definition) is 4. The number of anilines is 1. The first kappa shape index (κ1) is 13.4. The van der Waals surface area contributed by atoms with Crippen molar-refractivity contribution >= 4 is 17.7 Å². The Morgan fingerprint density at radius 2 is 2.11 bits per heavy atom. The summed E-state index contributed by atoms with van der Waals surface area (Å²) in [6.45, 7) is 1.85. The zero-order chi connectivity index (χ0) is 13.5. The van der Waals surface area contributed by atoms with Crippen LogP contribution in [0.1, 0.15) is 17.3 Å². The van der Waals surface area contributed by atoms with Crippen LogP contribution in [0.2, 0.25) is 0 Å². The number of carboxylic acids is 1. The van der Waals surface area contributed by atoms with E-state index in [0.717, 1.165) is 0 Å². The summed E-state index contributed by atoms with van der Waals surface area (Å²) in [5, 5.41) is 23.0. The highest BCUT2D eigenvalue weighted by molar-refractivity contribution is 5.95.